The lowest BCUT2D eigenvalue weighted by Gasteiger charge is -2.32. The summed E-state index contributed by atoms with van der Waals surface area (Å²) in [5, 5.41) is 16.0. The minimum Gasteiger partial charge on any atom is -0.378 e. The third-order valence-corrected chi connectivity index (χ3v) is 12.8. The Hall–Kier alpha value is -4.57. The number of nitrogens with zero attached hydrogens (tertiary/aromatic N) is 3. The molecule has 3 fully saturated rings. The van der Waals surface area contributed by atoms with E-state index in [4.69, 9.17) is 9.72 Å². The van der Waals surface area contributed by atoms with E-state index in [1.807, 2.05) is 30.0 Å². The summed E-state index contributed by atoms with van der Waals surface area (Å²) in [6, 6.07) is 11.3. The first kappa shape index (κ1) is 38.3. The number of ether oxygens (including phenoxy) is 1. The van der Waals surface area contributed by atoms with Crippen molar-refractivity contribution in [3.63, 3.8) is 0 Å². The summed E-state index contributed by atoms with van der Waals surface area (Å²) in [4.78, 5) is 60.8. The Morgan fingerprint density at radius 2 is 1.95 bits per heavy atom. The molecule has 2 unspecified atom stereocenters. The number of aromatic nitrogens is 1. The Morgan fingerprint density at radius 3 is 2.79 bits per heavy atom. The molecule has 8 rings (SSSR count). The molecule has 4 atom stereocenters. The molecule has 5 aliphatic rings. The lowest BCUT2D eigenvalue weighted by molar-refractivity contribution is -0.132. The standard InChI is InChI=1S/C44H51N5O6S/c1-27-40(32-16-17-36-31(25-32)20-21-48(36)42(53)30-14-15-30)47-44(56-27)46-39(51)24-28-9-7-12-33(23-28)55-22-6-4-2-3-5-10-29-11-8-13-34-35(29)26-49(43(34)54)37-18-19-38(50)45-41(37)52/h8,11,13,16-17,25,28,30,33,37-38,50H,2-4,6-7,9,12,14-15,18-24,26H2,1H3,(H,45,52)(H,46,47,51)/t28-,33+,37?,38?/m1/s1. The first-order valence-electron chi connectivity index (χ1n) is 20.5. The van der Waals surface area contributed by atoms with Gasteiger partial charge in [0.2, 0.25) is 17.7 Å². The number of unbranched alkanes of at least 4 members (excludes halogenated alkanes) is 3. The predicted octanol–water partition coefficient (Wildman–Crippen LogP) is 6.49. The first-order valence-corrected chi connectivity index (χ1v) is 21.3. The number of fused-ring (bicyclic) bond motifs is 2. The van der Waals surface area contributed by atoms with Crippen molar-refractivity contribution in [2.24, 2.45) is 11.8 Å². The number of aliphatic hydroxyl groups excluding tert-OH is 1. The van der Waals surface area contributed by atoms with Crippen molar-refractivity contribution < 1.29 is 29.0 Å². The molecule has 0 bridgehead atoms. The molecule has 3 N–H and O–H groups in total. The van der Waals surface area contributed by atoms with Gasteiger partial charge in [0, 0.05) is 65.7 Å². The van der Waals surface area contributed by atoms with Crippen molar-refractivity contribution >= 4 is 45.8 Å². The van der Waals surface area contributed by atoms with E-state index in [0.717, 1.165) is 110 Å². The maximum absolute atomic E-state index is 13.1. The van der Waals surface area contributed by atoms with E-state index in [9.17, 15) is 24.3 Å². The van der Waals surface area contributed by atoms with E-state index >= 15 is 0 Å². The molecule has 2 saturated carbocycles. The summed E-state index contributed by atoms with van der Waals surface area (Å²) in [5.41, 5.74) is 6.43. The Bertz CT molecular complexity index is 2070. The Labute approximate surface area is 332 Å². The Morgan fingerprint density at radius 1 is 1.07 bits per heavy atom. The molecule has 56 heavy (non-hydrogen) atoms. The molecule has 3 aromatic rings. The van der Waals surface area contributed by atoms with Crippen LogP contribution in [0.25, 0.3) is 11.3 Å². The van der Waals surface area contributed by atoms with E-state index < -0.39 is 12.3 Å². The van der Waals surface area contributed by atoms with Crippen molar-refractivity contribution in [3.8, 4) is 23.1 Å². The Kier molecular flexibility index (Phi) is 11.6. The van der Waals surface area contributed by atoms with E-state index in [1.165, 1.54) is 16.9 Å². The molecule has 11 nitrogen and oxygen atoms in total. The topological polar surface area (TPSA) is 141 Å². The summed E-state index contributed by atoms with van der Waals surface area (Å²) in [6.45, 7) is 3.84. The first-order chi connectivity index (χ1) is 27.2. The fourth-order valence-electron chi connectivity index (χ4n) is 8.76. The van der Waals surface area contributed by atoms with Gasteiger partial charge in [-0.1, -0.05) is 36.8 Å². The summed E-state index contributed by atoms with van der Waals surface area (Å²) in [7, 11) is 0. The highest BCUT2D eigenvalue weighted by molar-refractivity contribution is 7.16. The third kappa shape index (κ3) is 8.55. The van der Waals surface area contributed by atoms with Crippen LogP contribution in [-0.2, 0) is 32.1 Å². The van der Waals surface area contributed by atoms with Crippen molar-refractivity contribution in [2.75, 3.05) is 23.4 Å². The van der Waals surface area contributed by atoms with Crippen LogP contribution in [0.1, 0.15) is 115 Å². The number of benzene rings is 2. The van der Waals surface area contributed by atoms with Gasteiger partial charge in [-0.25, -0.2) is 4.98 Å². The van der Waals surface area contributed by atoms with Crippen LogP contribution in [0.4, 0.5) is 10.8 Å². The van der Waals surface area contributed by atoms with Crippen LogP contribution < -0.4 is 15.5 Å². The molecule has 294 valence electrons. The maximum atomic E-state index is 13.1. The van der Waals surface area contributed by atoms with Gasteiger partial charge in [-0.05, 0) is 112 Å². The van der Waals surface area contributed by atoms with Crippen LogP contribution >= 0.6 is 11.3 Å². The van der Waals surface area contributed by atoms with Gasteiger partial charge in [-0.15, -0.1) is 11.3 Å². The van der Waals surface area contributed by atoms with E-state index in [0.29, 0.717) is 43.1 Å². The molecule has 1 saturated heterocycles. The fraction of sp³-hybridized carbons (Fsp3) is 0.523. The second-order valence-corrected chi connectivity index (χ2v) is 17.3. The molecule has 0 radical (unpaired) electrons. The third-order valence-electron chi connectivity index (χ3n) is 11.9. The van der Waals surface area contributed by atoms with Gasteiger partial charge in [0.05, 0.1) is 11.8 Å². The van der Waals surface area contributed by atoms with E-state index in [-0.39, 0.29) is 41.6 Å². The number of hydrogen-bond donors (Lipinski definition) is 3. The van der Waals surface area contributed by atoms with Crippen LogP contribution in [-0.4, -0.2) is 70.1 Å². The molecule has 2 aliphatic carbocycles. The average molecular weight is 778 g/mol. The molecule has 0 spiro atoms. The molecule has 2 aromatic carbocycles. The summed E-state index contributed by atoms with van der Waals surface area (Å²) in [5.74, 6) is 6.84. The fourth-order valence-corrected chi connectivity index (χ4v) is 9.61. The van der Waals surface area contributed by atoms with Crippen molar-refractivity contribution in [2.45, 2.75) is 122 Å². The molecule has 4 heterocycles. The normalized spacial score (nSPS) is 23.0. The van der Waals surface area contributed by atoms with Crippen LogP contribution in [0.15, 0.2) is 36.4 Å². The number of aliphatic hydroxyl groups is 1. The quantitative estimate of drug-likeness (QED) is 0.141. The molecule has 3 aliphatic heterocycles. The van der Waals surface area contributed by atoms with Crippen molar-refractivity contribution in [1.82, 2.24) is 15.2 Å². The second-order valence-electron chi connectivity index (χ2n) is 16.1. The smallest absolute Gasteiger partial charge is 0.255 e. The highest BCUT2D eigenvalue weighted by Crippen LogP contribution is 2.39. The molecule has 12 heteroatoms. The van der Waals surface area contributed by atoms with Crippen molar-refractivity contribution in [1.29, 1.82) is 0 Å². The number of carbonyl (C=O) groups is 4. The zero-order chi connectivity index (χ0) is 38.8. The highest BCUT2D eigenvalue weighted by atomic mass is 32.1. The highest BCUT2D eigenvalue weighted by Gasteiger charge is 2.40. The monoisotopic (exact) mass is 777 g/mol. The van der Waals surface area contributed by atoms with Crippen LogP contribution in [0.2, 0.25) is 0 Å². The van der Waals surface area contributed by atoms with E-state index in [1.54, 1.807) is 11.0 Å². The number of aryl methyl sites for hydroxylation is 1. The number of carbonyl (C=O) groups excluding carboxylic acids is 4. The largest absolute Gasteiger partial charge is 0.378 e. The number of amides is 4. The van der Waals surface area contributed by atoms with Gasteiger partial charge >= 0.3 is 0 Å². The zero-order valence-corrected chi connectivity index (χ0v) is 32.9. The summed E-state index contributed by atoms with van der Waals surface area (Å²) < 4.78 is 6.28. The van der Waals surface area contributed by atoms with E-state index in [2.05, 4.69) is 34.6 Å². The molecule has 4 amide bonds. The molecular formula is C44H51N5O6S. The summed E-state index contributed by atoms with van der Waals surface area (Å²) >= 11 is 1.51. The molecular weight excluding hydrogens is 727 g/mol. The lowest BCUT2D eigenvalue weighted by Crippen LogP contribution is -2.54. The maximum Gasteiger partial charge on any atom is 0.255 e. The van der Waals surface area contributed by atoms with Gasteiger partial charge in [-0.2, -0.15) is 0 Å². The molecule has 1 aromatic heterocycles. The van der Waals surface area contributed by atoms with Crippen LogP contribution in [0.5, 0.6) is 0 Å². The van der Waals surface area contributed by atoms with Crippen LogP contribution in [0, 0.1) is 30.6 Å². The van der Waals surface area contributed by atoms with Crippen LogP contribution in [0.3, 0.4) is 0 Å². The predicted molar refractivity (Wildman–Crippen MR) is 215 cm³/mol. The lowest BCUT2D eigenvalue weighted by atomic mass is 9.85. The van der Waals surface area contributed by atoms with Gasteiger partial charge in [-0.3, -0.25) is 19.2 Å². The van der Waals surface area contributed by atoms with Gasteiger partial charge in [0.25, 0.3) is 5.91 Å². The SMILES string of the molecule is Cc1sc(NC(=O)C[C@@H]2CCC[C@H](OCCCCCC#Cc3cccc4c3CN(C3CCC(O)NC3=O)C4=O)C2)nc1-c1ccc2c(c1)CCN2C(=O)C1CC1. The number of anilines is 2. The van der Waals surface area contributed by atoms with Gasteiger partial charge in [0.1, 0.15) is 12.3 Å². The summed E-state index contributed by atoms with van der Waals surface area (Å²) in [6.07, 6.45) is 11.2. The van der Waals surface area contributed by atoms with Gasteiger partial charge < -0.3 is 30.3 Å². The van der Waals surface area contributed by atoms with Gasteiger partial charge in [0.15, 0.2) is 5.13 Å². The number of piperidine rings is 1. The Balaban J connectivity index is 0.741. The van der Waals surface area contributed by atoms with Crippen molar-refractivity contribution in [3.05, 3.63) is 63.5 Å². The zero-order valence-electron chi connectivity index (χ0n) is 32.1. The second kappa shape index (κ2) is 16.9. The number of thiazole rings is 1. The number of hydrogen-bond acceptors (Lipinski definition) is 8. The number of nitrogens with one attached hydrogen (secondary N) is 2. The minimum atomic E-state index is -0.853. The average Bonchev–Trinajstić information content (AvgIpc) is 3.73. The number of rotatable bonds is 12. The minimum absolute atomic E-state index is 0.00184.